The summed E-state index contributed by atoms with van der Waals surface area (Å²) in [4.78, 5) is 15.9. The van der Waals surface area contributed by atoms with E-state index in [1.54, 1.807) is 19.0 Å². The molecule has 3 rings (SSSR count). The molecule has 3 atom stereocenters. The van der Waals surface area contributed by atoms with Crippen molar-refractivity contribution in [2.45, 2.75) is 37.8 Å². The van der Waals surface area contributed by atoms with E-state index in [2.05, 4.69) is 10.2 Å². The molecule has 1 aliphatic carbocycles. The van der Waals surface area contributed by atoms with E-state index in [1.165, 1.54) is 25.7 Å². The topological polar surface area (TPSA) is 44.8 Å². The number of amides is 2. The lowest BCUT2D eigenvalue weighted by molar-refractivity contribution is 0.0872. The van der Waals surface area contributed by atoms with E-state index in [0.29, 0.717) is 17.9 Å². The van der Waals surface area contributed by atoms with Crippen LogP contribution in [0, 0.1) is 11.8 Å². The van der Waals surface area contributed by atoms with E-state index in [4.69, 9.17) is 4.74 Å². The molecule has 5 nitrogen and oxygen atoms in total. The summed E-state index contributed by atoms with van der Waals surface area (Å²) < 4.78 is 5.97. The van der Waals surface area contributed by atoms with E-state index >= 15 is 0 Å². The Labute approximate surface area is 121 Å². The van der Waals surface area contributed by atoms with E-state index in [1.807, 2.05) is 0 Å². The summed E-state index contributed by atoms with van der Waals surface area (Å²) in [7, 11) is 3.56. The minimum Gasteiger partial charge on any atom is -0.376 e. The van der Waals surface area contributed by atoms with Gasteiger partial charge in [0.15, 0.2) is 0 Å². The first kappa shape index (κ1) is 14.1. The molecule has 2 aliphatic heterocycles. The highest BCUT2D eigenvalue weighted by atomic mass is 16.5. The highest BCUT2D eigenvalue weighted by Gasteiger charge is 2.45. The fourth-order valence-corrected chi connectivity index (χ4v) is 3.98. The van der Waals surface area contributed by atoms with Gasteiger partial charge in [0.25, 0.3) is 0 Å². The lowest BCUT2D eigenvalue weighted by atomic mass is 9.93. The smallest absolute Gasteiger partial charge is 0.316 e. The molecule has 2 saturated heterocycles. The van der Waals surface area contributed by atoms with Gasteiger partial charge in [0.05, 0.1) is 12.7 Å². The Bertz CT molecular complexity index is 355. The molecule has 0 aromatic rings. The van der Waals surface area contributed by atoms with Crippen LogP contribution in [0.3, 0.4) is 0 Å². The third-order valence-corrected chi connectivity index (χ3v) is 5.23. The minimum atomic E-state index is -0.000837. The second-order valence-electron chi connectivity index (χ2n) is 6.77. The summed E-state index contributed by atoms with van der Waals surface area (Å²) in [5.41, 5.74) is 0. The van der Waals surface area contributed by atoms with Gasteiger partial charge in [-0.2, -0.15) is 0 Å². The quantitative estimate of drug-likeness (QED) is 0.844. The highest BCUT2D eigenvalue weighted by Crippen LogP contribution is 2.37. The number of hydrogen-bond acceptors (Lipinski definition) is 3. The zero-order chi connectivity index (χ0) is 14.1. The predicted octanol–water partition coefficient (Wildman–Crippen LogP) is 1.15. The first-order valence-corrected chi connectivity index (χ1v) is 7.96. The molecule has 3 fully saturated rings. The highest BCUT2D eigenvalue weighted by molar-refractivity contribution is 5.73. The Balaban J connectivity index is 1.50. The van der Waals surface area contributed by atoms with Gasteiger partial charge in [-0.1, -0.05) is 12.8 Å². The number of nitrogens with zero attached hydrogens (tertiary/aromatic N) is 2. The third kappa shape index (κ3) is 2.79. The van der Waals surface area contributed by atoms with Gasteiger partial charge in [-0.05, 0) is 12.8 Å². The first-order valence-electron chi connectivity index (χ1n) is 7.96. The van der Waals surface area contributed by atoms with Crippen LogP contribution in [0.15, 0.2) is 0 Å². The monoisotopic (exact) mass is 281 g/mol. The Hall–Kier alpha value is -0.810. The number of urea groups is 1. The summed E-state index contributed by atoms with van der Waals surface area (Å²) in [5.74, 6) is 1.09. The molecule has 1 N–H and O–H groups in total. The van der Waals surface area contributed by atoms with Crippen molar-refractivity contribution < 1.29 is 9.53 Å². The third-order valence-electron chi connectivity index (χ3n) is 5.23. The van der Waals surface area contributed by atoms with Crippen LogP contribution in [0.4, 0.5) is 4.79 Å². The van der Waals surface area contributed by atoms with Crippen molar-refractivity contribution in [1.29, 1.82) is 0 Å². The van der Waals surface area contributed by atoms with Crippen molar-refractivity contribution in [1.82, 2.24) is 15.1 Å². The molecule has 3 aliphatic rings. The number of carbonyl (C=O) groups excluding carboxylic acids is 1. The summed E-state index contributed by atoms with van der Waals surface area (Å²) in [6.07, 6.45) is 5.90. The average Bonchev–Trinajstić information content (AvgIpc) is 3.11. The van der Waals surface area contributed by atoms with Gasteiger partial charge in [-0.3, -0.25) is 4.90 Å². The van der Waals surface area contributed by atoms with E-state index < -0.39 is 0 Å². The van der Waals surface area contributed by atoms with Gasteiger partial charge in [-0.25, -0.2) is 4.79 Å². The van der Waals surface area contributed by atoms with Gasteiger partial charge in [0.1, 0.15) is 0 Å². The van der Waals surface area contributed by atoms with Crippen molar-refractivity contribution in [3.05, 3.63) is 0 Å². The summed E-state index contributed by atoms with van der Waals surface area (Å²) in [5, 5.41) is 3.01. The van der Waals surface area contributed by atoms with Crippen LogP contribution in [0.25, 0.3) is 0 Å². The van der Waals surface area contributed by atoms with E-state index in [9.17, 15) is 4.79 Å². The number of carbonyl (C=O) groups is 1. The van der Waals surface area contributed by atoms with Crippen LogP contribution in [0.1, 0.15) is 25.7 Å². The van der Waals surface area contributed by atoms with Gasteiger partial charge < -0.3 is 15.0 Å². The Morgan fingerprint density at radius 3 is 2.75 bits per heavy atom. The molecule has 0 aromatic carbocycles. The van der Waals surface area contributed by atoms with Crippen molar-refractivity contribution in [2.75, 3.05) is 40.3 Å². The maximum absolute atomic E-state index is 11.6. The summed E-state index contributed by atoms with van der Waals surface area (Å²) in [6.45, 7) is 3.82. The normalized spacial score (nSPS) is 34.4. The number of nitrogens with one attached hydrogen (secondary N) is 1. The van der Waals surface area contributed by atoms with Crippen LogP contribution < -0.4 is 5.32 Å². The number of hydrogen-bond donors (Lipinski definition) is 1. The molecular weight excluding hydrogens is 254 g/mol. The van der Waals surface area contributed by atoms with E-state index in [-0.39, 0.29) is 6.03 Å². The SMILES string of the molecule is CN(C)C(=O)NC[C@H]1CO[C@@H]2CN(C3CCCC3)C[C@H]12. The summed E-state index contributed by atoms with van der Waals surface area (Å²) in [6, 6.07) is 0.792. The first-order chi connectivity index (χ1) is 9.65. The fraction of sp³-hybridized carbons (Fsp3) is 0.933. The molecule has 0 radical (unpaired) electrons. The van der Waals surface area contributed by atoms with Gasteiger partial charge in [0.2, 0.25) is 0 Å². The molecule has 0 aromatic heterocycles. The Morgan fingerprint density at radius 1 is 1.30 bits per heavy atom. The zero-order valence-electron chi connectivity index (χ0n) is 12.7. The lowest BCUT2D eigenvalue weighted by Gasteiger charge is -2.25. The number of fused-ring (bicyclic) bond motifs is 1. The van der Waals surface area contributed by atoms with Gasteiger partial charge in [-0.15, -0.1) is 0 Å². The standard InChI is InChI=1S/C15H27N3O2/c1-17(2)15(19)16-7-11-10-20-14-9-18(8-13(11)14)12-5-3-4-6-12/h11-14H,3-10H2,1-2H3,(H,16,19)/t11-,13+,14+/m0/s1. The average molecular weight is 281 g/mol. The maximum atomic E-state index is 11.6. The van der Waals surface area contributed by atoms with E-state index in [0.717, 1.165) is 32.3 Å². The Kier molecular flexibility index (Phi) is 4.17. The Morgan fingerprint density at radius 2 is 2.05 bits per heavy atom. The molecule has 0 bridgehead atoms. The molecule has 2 heterocycles. The van der Waals surface area contributed by atoms with Crippen LogP contribution >= 0.6 is 0 Å². The predicted molar refractivity (Wildman–Crippen MR) is 77.6 cm³/mol. The van der Waals surface area contributed by atoms with Gasteiger partial charge in [0, 0.05) is 51.6 Å². The molecule has 20 heavy (non-hydrogen) atoms. The number of rotatable bonds is 3. The van der Waals surface area contributed by atoms with Crippen LogP contribution in [0.5, 0.6) is 0 Å². The van der Waals surface area contributed by atoms with Crippen LogP contribution in [-0.2, 0) is 4.74 Å². The molecule has 114 valence electrons. The largest absolute Gasteiger partial charge is 0.376 e. The number of likely N-dealkylation sites (tertiary alicyclic amines) is 1. The lowest BCUT2D eigenvalue weighted by Crippen LogP contribution is -2.40. The summed E-state index contributed by atoms with van der Waals surface area (Å²) >= 11 is 0. The molecule has 2 amide bonds. The van der Waals surface area contributed by atoms with Crippen molar-refractivity contribution in [2.24, 2.45) is 11.8 Å². The van der Waals surface area contributed by atoms with Crippen LogP contribution in [-0.4, -0.2) is 68.3 Å². The van der Waals surface area contributed by atoms with Gasteiger partial charge >= 0.3 is 6.03 Å². The molecule has 0 unspecified atom stereocenters. The van der Waals surface area contributed by atoms with Crippen molar-refractivity contribution >= 4 is 6.03 Å². The van der Waals surface area contributed by atoms with Crippen LogP contribution in [0.2, 0.25) is 0 Å². The molecule has 1 saturated carbocycles. The molecule has 5 heteroatoms. The number of ether oxygens (including phenoxy) is 1. The maximum Gasteiger partial charge on any atom is 0.316 e. The molecule has 0 spiro atoms. The fourth-order valence-electron chi connectivity index (χ4n) is 3.98. The van der Waals surface area contributed by atoms with Crippen molar-refractivity contribution in [3.63, 3.8) is 0 Å². The minimum absolute atomic E-state index is 0.000837. The molecular formula is C15H27N3O2. The zero-order valence-corrected chi connectivity index (χ0v) is 12.7. The second kappa shape index (κ2) is 5.90. The van der Waals surface area contributed by atoms with Crippen molar-refractivity contribution in [3.8, 4) is 0 Å². The second-order valence-corrected chi connectivity index (χ2v) is 6.77.